The molecule has 4 heteroatoms. The Labute approximate surface area is 107 Å². The lowest BCUT2D eigenvalue weighted by Gasteiger charge is -2.15. The number of hydrogen-bond donors (Lipinski definition) is 1. The van der Waals surface area contributed by atoms with Gasteiger partial charge >= 0.3 is 0 Å². The Morgan fingerprint density at radius 1 is 1.17 bits per heavy atom. The van der Waals surface area contributed by atoms with Crippen molar-refractivity contribution < 1.29 is 5.11 Å². The quantitative estimate of drug-likeness (QED) is 0.625. The lowest BCUT2D eigenvalue weighted by atomic mass is 10.1. The molecule has 0 spiro atoms. The first kappa shape index (κ1) is 13.7. The number of nitriles is 2. The number of hydrogen-bond acceptors (Lipinski definition) is 4. The van der Waals surface area contributed by atoms with Crippen molar-refractivity contribution in [1.29, 1.82) is 10.5 Å². The van der Waals surface area contributed by atoms with Crippen LogP contribution in [0.25, 0.3) is 0 Å². The van der Waals surface area contributed by atoms with Gasteiger partial charge in [0.25, 0.3) is 0 Å². The van der Waals surface area contributed by atoms with E-state index in [9.17, 15) is 0 Å². The second-order valence-electron chi connectivity index (χ2n) is 3.62. The summed E-state index contributed by atoms with van der Waals surface area (Å²) in [6, 6.07) is 11.6. The Balaban J connectivity index is 2.77. The first-order valence-corrected chi connectivity index (χ1v) is 5.45. The first-order chi connectivity index (χ1) is 8.80. The van der Waals surface area contributed by atoms with Crippen molar-refractivity contribution >= 4 is 0 Å². The maximum Gasteiger partial charge on any atom is 0.104 e. The van der Waals surface area contributed by atoms with Crippen LogP contribution in [-0.2, 0) is 6.54 Å². The summed E-state index contributed by atoms with van der Waals surface area (Å²) in [6.07, 6.45) is 0. The predicted octanol–water partition coefficient (Wildman–Crippen LogP) is 0.880. The Morgan fingerprint density at radius 3 is 2.50 bits per heavy atom. The van der Waals surface area contributed by atoms with Crippen LogP contribution >= 0.6 is 0 Å². The zero-order chi connectivity index (χ0) is 13.2. The average Bonchev–Trinajstić information content (AvgIpc) is 2.37. The normalized spacial score (nSPS) is 9.11. The molecule has 0 aliphatic rings. The van der Waals surface area contributed by atoms with Gasteiger partial charge in [0.2, 0.25) is 0 Å². The molecule has 0 heterocycles. The highest BCUT2D eigenvalue weighted by Gasteiger charge is 2.04. The van der Waals surface area contributed by atoms with Crippen molar-refractivity contribution in [2.75, 3.05) is 19.7 Å². The molecule has 4 nitrogen and oxygen atoms in total. The third-order valence-corrected chi connectivity index (χ3v) is 2.23. The minimum absolute atomic E-state index is 0.167. The summed E-state index contributed by atoms with van der Waals surface area (Å²) >= 11 is 0. The van der Waals surface area contributed by atoms with E-state index in [-0.39, 0.29) is 19.7 Å². The van der Waals surface area contributed by atoms with E-state index < -0.39 is 0 Å². The van der Waals surface area contributed by atoms with Crippen molar-refractivity contribution in [2.24, 2.45) is 0 Å². The molecule has 0 bridgehead atoms. The topological polar surface area (TPSA) is 71.0 Å². The molecule has 1 aromatic carbocycles. The Kier molecular flexibility index (Phi) is 6.01. The van der Waals surface area contributed by atoms with Crippen molar-refractivity contribution in [3.8, 4) is 24.0 Å². The molecule has 0 aliphatic carbocycles. The van der Waals surface area contributed by atoms with Crippen molar-refractivity contribution in [2.45, 2.75) is 6.54 Å². The molecule has 0 saturated carbocycles. The number of aliphatic hydroxyl groups is 1. The summed E-state index contributed by atoms with van der Waals surface area (Å²) in [5.74, 6) is 5.41. The second kappa shape index (κ2) is 7.87. The molecular weight excluding hydrogens is 226 g/mol. The van der Waals surface area contributed by atoms with Gasteiger partial charge < -0.3 is 5.11 Å². The molecule has 0 aliphatic heterocycles. The molecule has 90 valence electrons. The third-order valence-electron chi connectivity index (χ3n) is 2.23. The summed E-state index contributed by atoms with van der Waals surface area (Å²) < 4.78 is 0. The fourth-order valence-corrected chi connectivity index (χ4v) is 1.51. The monoisotopic (exact) mass is 239 g/mol. The number of aliphatic hydroxyl groups excluding tert-OH is 1. The number of rotatable bonds is 4. The van der Waals surface area contributed by atoms with Crippen LogP contribution < -0.4 is 0 Å². The van der Waals surface area contributed by atoms with E-state index in [0.717, 1.165) is 11.1 Å². The second-order valence-corrected chi connectivity index (χ2v) is 3.62. The zero-order valence-corrected chi connectivity index (χ0v) is 9.93. The Bertz CT molecular complexity index is 512. The molecule has 0 fully saturated rings. The first-order valence-electron chi connectivity index (χ1n) is 5.45. The molecule has 0 aromatic heterocycles. The highest BCUT2D eigenvalue weighted by atomic mass is 16.2. The van der Waals surface area contributed by atoms with Crippen LogP contribution in [0.4, 0.5) is 0 Å². The van der Waals surface area contributed by atoms with Gasteiger partial charge in [-0.3, -0.25) is 4.90 Å². The van der Waals surface area contributed by atoms with Gasteiger partial charge in [-0.05, 0) is 17.7 Å². The molecule has 0 saturated heterocycles. The van der Waals surface area contributed by atoms with Gasteiger partial charge in [-0.1, -0.05) is 24.0 Å². The van der Waals surface area contributed by atoms with Gasteiger partial charge in [-0.15, -0.1) is 0 Å². The molecular formula is C14H13N3O. The SMILES string of the molecule is N#CCN(CC#N)Cc1cccc(C#CCO)c1. The average molecular weight is 239 g/mol. The predicted molar refractivity (Wildman–Crippen MR) is 66.9 cm³/mol. The fourth-order valence-electron chi connectivity index (χ4n) is 1.51. The minimum atomic E-state index is -0.167. The molecule has 1 aromatic rings. The molecule has 0 radical (unpaired) electrons. The summed E-state index contributed by atoms with van der Waals surface area (Å²) in [5.41, 5.74) is 1.81. The third kappa shape index (κ3) is 4.68. The Morgan fingerprint density at radius 2 is 1.89 bits per heavy atom. The molecule has 0 atom stereocenters. The van der Waals surface area contributed by atoms with Crippen molar-refractivity contribution in [3.05, 3.63) is 35.4 Å². The van der Waals surface area contributed by atoms with E-state index in [4.69, 9.17) is 15.6 Å². The minimum Gasteiger partial charge on any atom is -0.384 e. The van der Waals surface area contributed by atoms with Gasteiger partial charge in [-0.2, -0.15) is 10.5 Å². The summed E-state index contributed by atoms with van der Waals surface area (Å²) in [4.78, 5) is 1.75. The molecule has 0 amide bonds. The molecule has 18 heavy (non-hydrogen) atoms. The largest absolute Gasteiger partial charge is 0.384 e. The molecule has 0 unspecified atom stereocenters. The summed E-state index contributed by atoms with van der Waals surface area (Å²) in [7, 11) is 0. The van der Waals surface area contributed by atoms with Gasteiger partial charge in [0.05, 0.1) is 25.2 Å². The van der Waals surface area contributed by atoms with Crippen molar-refractivity contribution in [1.82, 2.24) is 4.90 Å². The van der Waals surface area contributed by atoms with Gasteiger partial charge in [-0.25, -0.2) is 0 Å². The zero-order valence-electron chi connectivity index (χ0n) is 9.93. The van der Waals surface area contributed by atoms with E-state index in [2.05, 4.69) is 11.8 Å². The fraction of sp³-hybridized carbons (Fsp3) is 0.286. The van der Waals surface area contributed by atoms with E-state index >= 15 is 0 Å². The van der Waals surface area contributed by atoms with Crippen LogP contribution in [0.5, 0.6) is 0 Å². The lowest BCUT2D eigenvalue weighted by Crippen LogP contribution is -2.23. The standard InChI is InChI=1S/C14H13N3O/c15-6-8-17(9-7-16)12-14-4-1-3-13(11-14)5-2-10-18/h1,3-4,11,18H,8-10,12H2. The maximum absolute atomic E-state index is 8.66. The van der Waals surface area contributed by atoms with Gasteiger partial charge in [0.1, 0.15) is 6.61 Å². The lowest BCUT2D eigenvalue weighted by molar-refractivity contribution is 0.335. The van der Waals surface area contributed by atoms with Crippen molar-refractivity contribution in [3.63, 3.8) is 0 Å². The van der Waals surface area contributed by atoms with Crippen LogP contribution in [0.15, 0.2) is 24.3 Å². The van der Waals surface area contributed by atoms with E-state index in [0.29, 0.717) is 6.54 Å². The van der Waals surface area contributed by atoms with Crippen LogP contribution in [0, 0.1) is 34.5 Å². The van der Waals surface area contributed by atoms with E-state index in [1.54, 1.807) is 4.90 Å². The van der Waals surface area contributed by atoms with Crippen LogP contribution in [0.2, 0.25) is 0 Å². The number of nitrogens with zero attached hydrogens (tertiary/aromatic N) is 3. The van der Waals surface area contributed by atoms with E-state index in [1.807, 2.05) is 36.4 Å². The molecule has 1 rings (SSSR count). The van der Waals surface area contributed by atoms with Crippen LogP contribution in [0.1, 0.15) is 11.1 Å². The summed E-state index contributed by atoms with van der Waals surface area (Å²) in [6.45, 7) is 0.815. The smallest absolute Gasteiger partial charge is 0.104 e. The van der Waals surface area contributed by atoms with Crippen LogP contribution in [-0.4, -0.2) is 29.7 Å². The Hall–Kier alpha value is -2.32. The van der Waals surface area contributed by atoms with Gasteiger partial charge in [0, 0.05) is 12.1 Å². The number of benzene rings is 1. The highest BCUT2D eigenvalue weighted by Crippen LogP contribution is 2.07. The molecule has 1 N–H and O–H groups in total. The van der Waals surface area contributed by atoms with Crippen LogP contribution in [0.3, 0.4) is 0 Å². The summed E-state index contributed by atoms with van der Waals surface area (Å²) in [5, 5.41) is 26.0. The highest BCUT2D eigenvalue weighted by molar-refractivity contribution is 5.37. The van der Waals surface area contributed by atoms with Gasteiger partial charge in [0.15, 0.2) is 0 Å². The van der Waals surface area contributed by atoms with E-state index in [1.165, 1.54) is 0 Å². The maximum atomic E-state index is 8.66.